The fourth-order valence-corrected chi connectivity index (χ4v) is 0.801. The van der Waals surface area contributed by atoms with E-state index in [0.29, 0.717) is 0 Å². The maximum Gasteiger partial charge on any atom is 0.320 e. The molecule has 0 fully saturated rings. The lowest BCUT2D eigenvalue weighted by Gasteiger charge is -2.11. The fourth-order valence-electron chi connectivity index (χ4n) is 0.801. The van der Waals surface area contributed by atoms with Crippen molar-refractivity contribution in [2.75, 3.05) is 27.2 Å². The highest BCUT2D eigenvalue weighted by atomic mass is 16.4. The normalized spacial score (nSPS) is 13.3. The molecule has 0 amide bonds. The summed E-state index contributed by atoms with van der Waals surface area (Å²) < 4.78 is 0. The van der Waals surface area contributed by atoms with E-state index in [4.69, 9.17) is 5.11 Å². The van der Waals surface area contributed by atoms with Gasteiger partial charge in [0, 0.05) is 0 Å². The van der Waals surface area contributed by atoms with E-state index >= 15 is 0 Å². The number of carboxylic acids is 1. The van der Waals surface area contributed by atoms with Gasteiger partial charge < -0.3 is 15.3 Å². The van der Waals surface area contributed by atoms with E-state index in [1.165, 1.54) is 0 Å². The van der Waals surface area contributed by atoms with Crippen LogP contribution in [0.25, 0.3) is 0 Å². The fraction of sp³-hybridized carbons (Fsp3) is 0.875. The number of aliphatic carboxylic acids is 1. The van der Waals surface area contributed by atoms with Crippen LogP contribution in [0.3, 0.4) is 0 Å². The van der Waals surface area contributed by atoms with Crippen molar-refractivity contribution in [2.45, 2.75) is 19.4 Å². The number of hydrogen-bond donors (Lipinski definition) is 2. The molecule has 0 saturated carbocycles. The second kappa shape index (κ2) is 5.97. The highest BCUT2D eigenvalue weighted by Gasteiger charge is 2.07. The molecule has 0 aliphatic carbocycles. The molecule has 0 bridgehead atoms. The number of nitrogens with one attached hydrogen (secondary N) is 1. The van der Waals surface area contributed by atoms with Crippen LogP contribution in [-0.2, 0) is 4.79 Å². The summed E-state index contributed by atoms with van der Waals surface area (Å²) >= 11 is 0. The quantitative estimate of drug-likeness (QED) is 0.557. The van der Waals surface area contributed by atoms with Gasteiger partial charge >= 0.3 is 5.97 Å². The smallest absolute Gasteiger partial charge is 0.320 e. The molecular weight excluding hydrogens is 156 g/mol. The van der Waals surface area contributed by atoms with Crippen LogP contribution >= 0.6 is 0 Å². The number of carboxylic acid groups (broad SMARTS) is 1. The average molecular weight is 174 g/mol. The Hall–Kier alpha value is -0.610. The van der Waals surface area contributed by atoms with Crippen molar-refractivity contribution in [3.63, 3.8) is 0 Å². The Kier molecular flexibility index (Phi) is 5.66. The molecule has 0 radical (unpaired) electrons. The van der Waals surface area contributed by atoms with Crippen molar-refractivity contribution >= 4 is 5.97 Å². The zero-order chi connectivity index (χ0) is 9.56. The Morgan fingerprint density at radius 2 is 2.17 bits per heavy atom. The molecule has 0 aromatic carbocycles. The molecule has 0 heterocycles. The van der Waals surface area contributed by atoms with Gasteiger partial charge in [-0.3, -0.25) is 4.79 Å². The van der Waals surface area contributed by atoms with Crippen molar-refractivity contribution < 1.29 is 9.90 Å². The zero-order valence-electron chi connectivity index (χ0n) is 8.00. The van der Waals surface area contributed by atoms with Crippen molar-refractivity contribution in [3.05, 3.63) is 0 Å². The molecule has 0 aromatic heterocycles. The van der Waals surface area contributed by atoms with E-state index in [1.807, 2.05) is 14.1 Å². The number of nitrogens with zero attached hydrogens (tertiary/aromatic N) is 1. The lowest BCUT2D eigenvalue weighted by atomic mass is 10.3. The third-order valence-electron chi connectivity index (χ3n) is 1.60. The van der Waals surface area contributed by atoms with Gasteiger partial charge in [0.1, 0.15) is 6.04 Å². The standard InChI is InChI=1S/C8H18N2O2/c1-7(8(11)12)9-5-4-6-10(2)3/h7,9H,4-6H2,1-3H3,(H,11,12)/t7-/m1/s1. The predicted molar refractivity (Wildman–Crippen MR) is 48.3 cm³/mol. The summed E-state index contributed by atoms with van der Waals surface area (Å²) in [6.07, 6.45) is 0.977. The molecule has 2 N–H and O–H groups in total. The van der Waals surface area contributed by atoms with Gasteiger partial charge in [-0.25, -0.2) is 0 Å². The van der Waals surface area contributed by atoms with E-state index in [1.54, 1.807) is 6.92 Å². The van der Waals surface area contributed by atoms with Crippen molar-refractivity contribution in [3.8, 4) is 0 Å². The van der Waals surface area contributed by atoms with Crippen molar-refractivity contribution in [2.24, 2.45) is 0 Å². The Balaban J connectivity index is 3.25. The minimum Gasteiger partial charge on any atom is -0.480 e. The molecular formula is C8H18N2O2. The second-order valence-electron chi connectivity index (χ2n) is 3.17. The highest BCUT2D eigenvalue weighted by Crippen LogP contribution is 1.84. The summed E-state index contributed by atoms with van der Waals surface area (Å²) in [6.45, 7) is 3.39. The molecule has 12 heavy (non-hydrogen) atoms. The molecule has 72 valence electrons. The Labute approximate surface area is 73.6 Å². The Morgan fingerprint density at radius 1 is 1.58 bits per heavy atom. The topological polar surface area (TPSA) is 52.6 Å². The van der Waals surface area contributed by atoms with E-state index in [-0.39, 0.29) is 0 Å². The van der Waals surface area contributed by atoms with Crippen molar-refractivity contribution in [1.29, 1.82) is 0 Å². The first-order valence-electron chi connectivity index (χ1n) is 4.15. The van der Waals surface area contributed by atoms with Crippen LogP contribution in [0.15, 0.2) is 0 Å². The monoisotopic (exact) mass is 174 g/mol. The molecule has 0 aromatic rings. The molecule has 0 aliphatic heterocycles. The van der Waals surface area contributed by atoms with Gasteiger partial charge in [0.25, 0.3) is 0 Å². The Morgan fingerprint density at radius 3 is 2.58 bits per heavy atom. The van der Waals surface area contributed by atoms with E-state index in [0.717, 1.165) is 19.5 Å². The lowest BCUT2D eigenvalue weighted by molar-refractivity contribution is -0.138. The van der Waals surface area contributed by atoms with Gasteiger partial charge in [-0.1, -0.05) is 0 Å². The SMILES string of the molecule is C[C@@H](NCCCN(C)C)C(=O)O. The first-order chi connectivity index (χ1) is 5.54. The largest absolute Gasteiger partial charge is 0.480 e. The summed E-state index contributed by atoms with van der Waals surface area (Å²) in [5.74, 6) is -0.792. The van der Waals surface area contributed by atoms with Gasteiger partial charge in [0.15, 0.2) is 0 Å². The Bertz CT molecular complexity index is 137. The van der Waals surface area contributed by atoms with Crippen LogP contribution in [0.2, 0.25) is 0 Å². The van der Waals surface area contributed by atoms with Gasteiger partial charge in [-0.05, 0) is 40.5 Å². The minimum absolute atomic E-state index is 0.438. The van der Waals surface area contributed by atoms with Gasteiger partial charge in [0.2, 0.25) is 0 Å². The highest BCUT2D eigenvalue weighted by molar-refractivity contribution is 5.72. The summed E-state index contributed by atoms with van der Waals surface area (Å²) in [7, 11) is 4.00. The second-order valence-corrected chi connectivity index (χ2v) is 3.17. The van der Waals surface area contributed by atoms with E-state index in [9.17, 15) is 4.79 Å². The van der Waals surface area contributed by atoms with Crippen LogP contribution in [-0.4, -0.2) is 49.2 Å². The molecule has 0 aliphatic rings. The minimum atomic E-state index is -0.792. The summed E-state index contributed by atoms with van der Waals surface area (Å²) in [4.78, 5) is 12.4. The molecule has 1 atom stereocenters. The van der Waals surface area contributed by atoms with E-state index < -0.39 is 12.0 Å². The third-order valence-corrected chi connectivity index (χ3v) is 1.60. The first kappa shape index (κ1) is 11.4. The number of carbonyl (C=O) groups is 1. The molecule has 0 rings (SSSR count). The summed E-state index contributed by atoms with van der Waals surface area (Å²) in [5.41, 5.74) is 0. The number of hydrogen-bond acceptors (Lipinski definition) is 3. The molecule has 4 nitrogen and oxygen atoms in total. The van der Waals surface area contributed by atoms with Gasteiger partial charge in [0.05, 0.1) is 0 Å². The van der Waals surface area contributed by atoms with E-state index in [2.05, 4.69) is 10.2 Å². The van der Waals surface area contributed by atoms with Gasteiger partial charge in [-0.2, -0.15) is 0 Å². The predicted octanol–water partition coefficient (Wildman–Crippen LogP) is 0.000800. The molecule has 0 spiro atoms. The van der Waals surface area contributed by atoms with Crippen LogP contribution in [0, 0.1) is 0 Å². The van der Waals surface area contributed by atoms with Crippen LogP contribution in [0.5, 0.6) is 0 Å². The van der Waals surface area contributed by atoms with Crippen LogP contribution in [0.4, 0.5) is 0 Å². The van der Waals surface area contributed by atoms with Crippen LogP contribution < -0.4 is 5.32 Å². The third kappa shape index (κ3) is 6.12. The maximum atomic E-state index is 10.4. The first-order valence-corrected chi connectivity index (χ1v) is 4.15. The average Bonchev–Trinajstić information content (AvgIpc) is 1.97. The zero-order valence-corrected chi connectivity index (χ0v) is 8.00. The van der Waals surface area contributed by atoms with Crippen molar-refractivity contribution in [1.82, 2.24) is 10.2 Å². The molecule has 0 saturated heterocycles. The molecule has 4 heteroatoms. The van der Waals surface area contributed by atoms with Crippen LogP contribution in [0.1, 0.15) is 13.3 Å². The lowest BCUT2D eigenvalue weighted by Crippen LogP contribution is -2.35. The number of rotatable bonds is 6. The summed E-state index contributed by atoms with van der Waals surface area (Å²) in [6, 6.07) is -0.438. The van der Waals surface area contributed by atoms with Gasteiger partial charge in [-0.15, -0.1) is 0 Å². The maximum absolute atomic E-state index is 10.4. The molecule has 0 unspecified atom stereocenters. The summed E-state index contributed by atoms with van der Waals surface area (Å²) in [5, 5.41) is 11.4.